The summed E-state index contributed by atoms with van der Waals surface area (Å²) in [7, 11) is -1.78. The van der Waals surface area contributed by atoms with E-state index in [4.69, 9.17) is 5.73 Å². The van der Waals surface area contributed by atoms with Crippen molar-refractivity contribution in [2.45, 2.75) is 24.9 Å². The van der Waals surface area contributed by atoms with Crippen molar-refractivity contribution in [1.29, 1.82) is 0 Å². The maximum absolute atomic E-state index is 12.3. The third-order valence-electron chi connectivity index (χ3n) is 3.31. The van der Waals surface area contributed by atoms with Crippen molar-refractivity contribution < 1.29 is 8.42 Å². The highest BCUT2D eigenvalue weighted by molar-refractivity contribution is 9.10. The molecule has 0 saturated carbocycles. The number of aryl methyl sites for hydroxylation is 1. The highest BCUT2D eigenvalue weighted by Gasteiger charge is 2.18. The van der Waals surface area contributed by atoms with Crippen LogP contribution in [-0.2, 0) is 30.2 Å². The first kappa shape index (κ1) is 16.2. The van der Waals surface area contributed by atoms with Crippen molar-refractivity contribution in [2.75, 3.05) is 0 Å². The molecule has 1 heterocycles. The number of nitrogens with two attached hydrogens (primary N) is 1. The van der Waals surface area contributed by atoms with Gasteiger partial charge >= 0.3 is 0 Å². The van der Waals surface area contributed by atoms with Gasteiger partial charge in [-0.05, 0) is 40.5 Å². The molecular weight excluding hydrogens is 356 g/mol. The lowest BCUT2D eigenvalue weighted by Crippen LogP contribution is -2.24. The van der Waals surface area contributed by atoms with Gasteiger partial charge in [-0.25, -0.2) is 13.1 Å². The number of halogens is 1. The molecule has 0 saturated heterocycles. The monoisotopic (exact) mass is 372 g/mol. The van der Waals surface area contributed by atoms with Crippen LogP contribution >= 0.6 is 15.9 Å². The quantitative estimate of drug-likeness (QED) is 0.830. The molecule has 6 nitrogen and oxygen atoms in total. The van der Waals surface area contributed by atoms with E-state index in [-0.39, 0.29) is 11.4 Å². The van der Waals surface area contributed by atoms with Gasteiger partial charge in [0.2, 0.25) is 10.0 Å². The molecule has 2 rings (SSSR count). The fourth-order valence-electron chi connectivity index (χ4n) is 1.86. The number of aromatic nitrogens is 2. The predicted molar refractivity (Wildman–Crippen MR) is 84.0 cm³/mol. The standard InChI is InChI=1S/C13H17BrN4O2S/c1-9-11(7-16-18(9)2)8-17-21(19,20)13-4-3-10(6-15)5-12(13)14/h3-5,7,17H,6,8,15H2,1-2H3. The molecule has 21 heavy (non-hydrogen) atoms. The predicted octanol–water partition coefficient (Wildman–Crippen LogP) is 1.43. The summed E-state index contributed by atoms with van der Waals surface area (Å²) in [4.78, 5) is 0.196. The third-order valence-corrected chi connectivity index (χ3v) is 5.69. The van der Waals surface area contributed by atoms with E-state index in [0.717, 1.165) is 16.8 Å². The lowest BCUT2D eigenvalue weighted by atomic mass is 10.2. The zero-order valence-corrected chi connectivity index (χ0v) is 14.2. The molecule has 0 radical (unpaired) electrons. The molecule has 0 amide bonds. The highest BCUT2D eigenvalue weighted by Crippen LogP contribution is 2.23. The Bertz CT molecular complexity index is 756. The average molecular weight is 373 g/mol. The van der Waals surface area contributed by atoms with E-state index >= 15 is 0 Å². The molecule has 1 aromatic carbocycles. The molecule has 1 aromatic heterocycles. The summed E-state index contributed by atoms with van der Waals surface area (Å²) in [6, 6.07) is 4.96. The summed E-state index contributed by atoms with van der Waals surface area (Å²) >= 11 is 3.28. The Morgan fingerprint density at radius 3 is 2.67 bits per heavy atom. The number of sulfonamides is 1. The molecule has 0 fully saturated rings. The minimum Gasteiger partial charge on any atom is -0.326 e. The second-order valence-electron chi connectivity index (χ2n) is 4.67. The van der Waals surface area contributed by atoms with E-state index < -0.39 is 10.0 Å². The molecule has 0 bridgehead atoms. The molecule has 0 atom stereocenters. The van der Waals surface area contributed by atoms with E-state index in [2.05, 4.69) is 25.8 Å². The van der Waals surface area contributed by atoms with Crippen molar-refractivity contribution in [3.8, 4) is 0 Å². The van der Waals surface area contributed by atoms with Crippen LogP contribution in [0.5, 0.6) is 0 Å². The molecule has 2 aromatic rings. The normalized spacial score (nSPS) is 11.8. The summed E-state index contributed by atoms with van der Waals surface area (Å²) in [5.41, 5.74) is 8.17. The summed E-state index contributed by atoms with van der Waals surface area (Å²) in [6.45, 7) is 2.46. The summed E-state index contributed by atoms with van der Waals surface area (Å²) in [5.74, 6) is 0. The lowest BCUT2D eigenvalue weighted by Gasteiger charge is -2.09. The van der Waals surface area contributed by atoms with Gasteiger partial charge in [-0.15, -0.1) is 0 Å². The third kappa shape index (κ3) is 3.52. The molecule has 8 heteroatoms. The number of benzene rings is 1. The topological polar surface area (TPSA) is 90.0 Å². The highest BCUT2D eigenvalue weighted by atomic mass is 79.9. The number of nitrogens with one attached hydrogen (secondary N) is 1. The lowest BCUT2D eigenvalue weighted by molar-refractivity contribution is 0.580. The van der Waals surface area contributed by atoms with E-state index in [1.165, 1.54) is 0 Å². The first-order valence-corrected chi connectivity index (χ1v) is 8.58. The van der Waals surface area contributed by atoms with Crippen LogP contribution in [0.4, 0.5) is 0 Å². The van der Waals surface area contributed by atoms with Gasteiger partial charge in [0.25, 0.3) is 0 Å². The molecule has 0 aliphatic heterocycles. The molecule has 0 spiro atoms. The second kappa shape index (κ2) is 6.27. The van der Waals surface area contributed by atoms with E-state index in [1.54, 1.807) is 29.1 Å². The SMILES string of the molecule is Cc1c(CNS(=O)(=O)c2ccc(CN)cc2Br)cnn1C. The summed E-state index contributed by atoms with van der Waals surface area (Å²) in [6.07, 6.45) is 1.66. The van der Waals surface area contributed by atoms with Gasteiger partial charge in [-0.1, -0.05) is 6.07 Å². The van der Waals surface area contributed by atoms with Crippen LogP contribution in [0, 0.1) is 6.92 Å². The molecule has 3 N–H and O–H groups in total. The zero-order valence-electron chi connectivity index (χ0n) is 11.8. The van der Waals surface area contributed by atoms with Crippen molar-refractivity contribution in [1.82, 2.24) is 14.5 Å². The van der Waals surface area contributed by atoms with Gasteiger partial charge in [0, 0.05) is 35.9 Å². The van der Waals surface area contributed by atoms with E-state index in [0.29, 0.717) is 11.0 Å². The van der Waals surface area contributed by atoms with Crippen molar-refractivity contribution >= 4 is 26.0 Å². The molecule has 0 aliphatic carbocycles. The van der Waals surface area contributed by atoms with Crippen molar-refractivity contribution in [2.24, 2.45) is 12.8 Å². The Balaban J connectivity index is 2.21. The summed E-state index contributed by atoms with van der Waals surface area (Å²) in [5, 5.41) is 4.09. The van der Waals surface area contributed by atoms with Crippen LogP contribution in [0.25, 0.3) is 0 Å². The Morgan fingerprint density at radius 1 is 1.43 bits per heavy atom. The molecule has 0 aliphatic rings. The number of rotatable bonds is 5. The van der Waals surface area contributed by atoms with Gasteiger partial charge < -0.3 is 5.73 Å². The van der Waals surface area contributed by atoms with Crippen LogP contribution in [0.2, 0.25) is 0 Å². The second-order valence-corrected chi connectivity index (χ2v) is 7.26. The Labute approximate surface area is 132 Å². The number of nitrogens with zero attached hydrogens (tertiary/aromatic N) is 2. The first-order valence-electron chi connectivity index (χ1n) is 6.31. The largest absolute Gasteiger partial charge is 0.326 e. The van der Waals surface area contributed by atoms with Crippen LogP contribution in [0.15, 0.2) is 33.8 Å². The van der Waals surface area contributed by atoms with Gasteiger partial charge in [0.05, 0.1) is 11.1 Å². The maximum atomic E-state index is 12.3. The van der Waals surface area contributed by atoms with Crippen LogP contribution in [0.1, 0.15) is 16.8 Å². The first-order chi connectivity index (χ1) is 9.85. The zero-order chi connectivity index (χ0) is 15.6. The maximum Gasteiger partial charge on any atom is 0.241 e. The fraction of sp³-hybridized carbons (Fsp3) is 0.308. The van der Waals surface area contributed by atoms with Gasteiger partial charge in [-0.2, -0.15) is 5.10 Å². The van der Waals surface area contributed by atoms with Gasteiger partial charge in [0.1, 0.15) is 0 Å². The van der Waals surface area contributed by atoms with E-state index in [1.807, 2.05) is 14.0 Å². The van der Waals surface area contributed by atoms with Crippen molar-refractivity contribution in [3.63, 3.8) is 0 Å². The Hall–Kier alpha value is -1.22. The van der Waals surface area contributed by atoms with Crippen LogP contribution < -0.4 is 10.5 Å². The number of hydrogen-bond acceptors (Lipinski definition) is 4. The fourth-order valence-corrected chi connectivity index (χ4v) is 3.99. The minimum atomic E-state index is -3.60. The number of hydrogen-bond donors (Lipinski definition) is 2. The molecular formula is C13H17BrN4O2S. The average Bonchev–Trinajstić information content (AvgIpc) is 2.76. The Morgan fingerprint density at radius 2 is 2.14 bits per heavy atom. The smallest absolute Gasteiger partial charge is 0.241 e. The Kier molecular flexibility index (Phi) is 4.82. The van der Waals surface area contributed by atoms with Crippen LogP contribution in [-0.4, -0.2) is 18.2 Å². The van der Waals surface area contributed by atoms with E-state index in [9.17, 15) is 8.42 Å². The van der Waals surface area contributed by atoms with Crippen LogP contribution in [0.3, 0.4) is 0 Å². The van der Waals surface area contributed by atoms with Crippen molar-refractivity contribution in [3.05, 3.63) is 45.7 Å². The summed E-state index contributed by atoms with van der Waals surface area (Å²) < 4.78 is 29.5. The van der Waals surface area contributed by atoms with Gasteiger partial charge in [-0.3, -0.25) is 4.68 Å². The van der Waals surface area contributed by atoms with Gasteiger partial charge in [0.15, 0.2) is 0 Å². The molecule has 0 unspecified atom stereocenters. The molecule has 114 valence electrons. The minimum absolute atomic E-state index is 0.196.